The summed E-state index contributed by atoms with van der Waals surface area (Å²) >= 11 is 0. The minimum atomic E-state index is -0.384. The number of carbonyl (C=O) groups is 2. The van der Waals surface area contributed by atoms with Crippen LogP contribution in [-0.2, 0) is 4.79 Å². The van der Waals surface area contributed by atoms with Crippen LogP contribution in [0.2, 0.25) is 0 Å². The molecular weight excluding hydrogens is 268 g/mol. The quantitative estimate of drug-likeness (QED) is 0.855. The molecule has 5 heteroatoms. The number of benzene rings is 1. The van der Waals surface area contributed by atoms with Crippen molar-refractivity contribution in [2.45, 2.75) is 20.3 Å². The Morgan fingerprint density at radius 3 is 2.71 bits per heavy atom. The Hall–Kier alpha value is -2.30. The third-order valence-corrected chi connectivity index (χ3v) is 3.41. The molecule has 0 unspecified atom stereocenters. The molecule has 1 heterocycles. The van der Waals surface area contributed by atoms with E-state index in [1.165, 1.54) is 0 Å². The van der Waals surface area contributed by atoms with E-state index in [0.717, 1.165) is 5.39 Å². The summed E-state index contributed by atoms with van der Waals surface area (Å²) < 4.78 is 5.27. The van der Waals surface area contributed by atoms with Gasteiger partial charge in [0.05, 0.1) is 17.7 Å². The molecule has 0 aliphatic carbocycles. The van der Waals surface area contributed by atoms with E-state index in [2.05, 4.69) is 5.32 Å². The van der Waals surface area contributed by atoms with Crippen LogP contribution in [0.4, 0.5) is 0 Å². The summed E-state index contributed by atoms with van der Waals surface area (Å²) in [5, 5.41) is 3.55. The van der Waals surface area contributed by atoms with Gasteiger partial charge in [-0.25, -0.2) is 0 Å². The molecule has 0 aliphatic heterocycles. The van der Waals surface area contributed by atoms with E-state index in [1.54, 1.807) is 30.5 Å². The number of hydrogen-bond acceptors (Lipinski definition) is 3. The van der Waals surface area contributed by atoms with E-state index >= 15 is 0 Å². The smallest absolute Gasteiger partial charge is 0.252 e. The zero-order chi connectivity index (χ0) is 15.4. The molecule has 1 atom stereocenters. The van der Waals surface area contributed by atoms with Crippen molar-refractivity contribution in [2.75, 3.05) is 6.54 Å². The molecule has 21 heavy (non-hydrogen) atoms. The van der Waals surface area contributed by atoms with Crippen LogP contribution in [-0.4, -0.2) is 18.4 Å². The van der Waals surface area contributed by atoms with Crippen molar-refractivity contribution >= 4 is 22.8 Å². The highest BCUT2D eigenvalue weighted by Gasteiger charge is 2.19. The Morgan fingerprint density at radius 1 is 1.29 bits per heavy atom. The van der Waals surface area contributed by atoms with E-state index < -0.39 is 0 Å². The first-order valence-corrected chi connectivity index (χ1v) is 7.02. The third-order valence-electron chi connectivity index (χ3n) is 3.41. The van der Waals surface area contributed by atoms with Gasteiger partial charge in [0.1, 0.15) is 5.58 Å². The average molecular weight is 288 g/mol. The maximum atomic E-state index is 12.3. The number of amides is 2. The Kier molecular flexibility index (Phi) is 4.62. The molecule has 0 bridgehead atoms. The fourth-order valence-electron chi connectivity index (χ4n) is 2.37. The van der Waals surface area contributed by atoms with Crippen molar-refractivity contribution in [1.29, 1.82) is 0 Å². The van der Waals surface area contributed by atoms with Crippen LogP contribution in [0, 0.1) is 11.8 Å². The predicted molar refractivity (Wildman–Crippen MR) is 80.7 cm³/mol. The number of fused-ring (bicyclic) bond motifs is 1. The Bertz CT molecular complexity index is 646. The summed E-state index contributed by atoms with van der Waals surface area (Å²) in [6.45, 7) is 4.29. The van der Waals surface area contributed by atoms with Gasteiger partial charge in [-0.3, -0.25) is 9.59 Å². The lowest BCUT2D eigenvalue weighted by molar-refractivity contribution is -0.122. The Labute approximate surface area is 123 Å². The fourth-order valence-corrected chi connectivity index (χ4v) is 2.37. The number of furan rings is 1. The molecule has 0 radical (unpaired) electrons. The third kappa shape index (κ3) is 3.62. The molecule has 2 amide bonds. The lowest BCUT2D eigenvalue weighted by atomic mass is 9.96. The summed E-state index contributed by atoms with van der Waals surface area (Å²) in [5.74, 6) is -0.614. The molecule has 2 rings (SSSR count). The topological polar surface area (TPSA) is 85.3 Å². The van der Waals surface area contributed by atoms with Crippen LogP contribution in [0.15, 0.2) is 34.9 Å². The van der Waals surface area contributed by atoms with Crippen molar-refractivity contribution in [2.24, 2.45) is 17.6 Å². The first-order valence-electron chi connectivity index (χ1n) is 7.02. The van der Waals surface area contributed by atoms with Gasteiger partial charge in [0.2, 0.25) is 5.91 Å². The number of carbonyl (C=O) groups excluding carboxylic acids is 2. The highest BCUT2D eigenvalue weighted by Crippen LogP contribution is 2.20. The number of rotatable bonds is 6. The number of nitrogens with two attached hydrogens (primary N) is 1. The molecule has 0 aliphatic rings. The molecule has 0 saturated heterocycles. The van der Waals surface area contributed by atoms with Gasteiger partial charge in [-0.2, -0.15) is 0 Å². The SMILES string of the molecule is CC(C)C[C@H](CNC(=O)c1cccc2occc12)C(N)=O. The van der Waals surface area contributed by atoms with Gasteiger partial charge < -0.3 is 15.5 Å². The highest BCUT2D eigenvalue weighted by molar-refractivity contribution is 6.06. The summed E-state index contributed by atoms with van der Waals surface area (Å²) in [4.78, 5) is 23.7. The largest absolute Gasteiger partial charge is 0.464 e. The molecule has 2 aromatic rings. The van der Waals surface area contributed by atoms with Crippen molar-refractivity contribution < 1.29 is 14.0 Å². The van der Waals surface area contributed by atoms with Crippen LogP contribution in [0.3, 0.4) is 0 Å². The standard InChI is InChI=1S/C16H20N2O3/c1-10(2)8-11(15(17)19)9-18-16(20)13-4-3-5-14-12(13)6-7-21-14/h3-7,10-11H,8-9H2,1-2H3,(H2,17,19)(H,18,20)/t11-/m1/s1. The first-order chi connectivity index (χ1) is 9.99. The van der Waals surface area contributed by atoms with Crippen LogP contribution in [0.1, 0.15) is 30.6 Å². The summed E-state index contributed by atoms with van der Waals surface area (Å²) in [7, 11) is 0. The fraction of sp³-hybridized carbons (Fsp3) is 0.375. The second-order valence-electron chi connectivity index (χ2n) is 5.58. The number of primary amides is 1. The molecule has 5 nitrogen and oxygen atoms in total. The lowest BCUT2D eigenvalue weighted by Crippen LogP contribution is -2.36. The van der Waals surface area contributed by atoms with Gasteiger partial charge in [0, 0.05) is 11.9 Å². The Balaban J connectivity index is 2.07. The van der Waals surface area contributed by atoms with Gasteiger partial charge in [0.25, 0.3) is 5.91 Å². The van der Waals surface area contributed by atoms with Gasteiger partial charge in [-0.1, -0.05) is 19.9 Å². The maximum absolute atomic E-state index is 12.3. The van der Waals surface area contributed by atoms with Gasteiger partial charge >= 0.3 is 0 Å². The van der Waals surface area contributed by atoms with E-state index in [1.807, 2.05) is 13.8 Å². The summed E-state index contributed by atoms with van der Waals surface area (Å²) in [6, 6.07) is 7.05. The molecule has 1 aromatic carbocycles. The zero-order valence-corrected chi connectivity index (χ0v) is 12.3. The Morgan fingerprint density at radius 2 is 2.05 bits per heavy atom. The molecule has 112 valence electrons. The van der Waals surface area contributed by atoms with E-state index in [9.17, 15) is 9.59 Å². The van der Waals surface area contributed by atoms with Crippen LogP contribution >= 0.6 is 0 Å². The number of nitrogens with one attached hydrogen (secondary N) is 1. The molecule has 0 saturated carbocycles. The summed E-state index contributed by atoms with van der Waals surface area (Å²) in [6.07, 6.45) is 2.21. The highest BCUT2D eigenvalue weighted by atomic mass is 16.3. The maximum Gasteiger partial charge on any atom is 0.252 e. The molecule has 0 fully saturated rings. The van der Waals surface area contributed by atoms with Crippen molar-refractivity contribution in [3.8, 4) is 0 Å². The molecule has 0 spiro atoms. The van der Waals surface area contributed by atoms with Crippen LogP contribution in [0.25, 0.3) is 11.0 Å². The average Bonchev–Trinajstić information content (AvgIpc) is 2.90. The lowest BCUT2D eigenvalue weighted by Gasteiger charge is -2.16. The van der Waals surface area contributed by atoms with Gasteiger partial charge in [0.15, 0.2) is 0 Å². The molecule has 3 N–H and O–H groups in total. The van der Waals surface area contributed by atoms with Gasteiger partial charge in [-0.15, -0.1) is 0 Å². The van der Waals surface area contributed by atoms with E-state index in [4.69, 9.17) is 10.2 Å². The van der Waals surface area contributed by atoms with Crippen LogP contribution < -0.4 is 11.1 Å². The molecular formula is C16H20N2O3. The second-order valence-corrected chi connectivity index (χ2v) is 5.58. The summed E-state index contributed by atoms with van der Waals surface area (Å²) in [5.41, 5.74) is 6.58. The predicted octanol–water partition coefficient (Wildman–Crippen LogP) is 2.31. The van der Waals surface area contributed by atoms with Crippen molar-refractivity contribution in [3.05, 3.63) is 36.1 Å². The minimum Gasteiger partial charge on any atom is -0.464 e. The van der Waals surface area contributed by atoms with E-state index in [0.29, 0.717) is 23.5 Å². The normalized spacial score (nSPS) is 12.5. The second kappa shape index (κ2) is 6.43. The number of hydrogen-bond donors (Lipinski definition) is 2. The van der Waals surface area contributed by atoms with Crippen LogP contribution in [0.5, 0.6) is 0 Å². The zero-order valence-electron chi connectivity index (χ0n) is 12.3. The first kappa shape index (κ1) is 15.1. The minimum absolute atomic E-state index is 0.225. The van der Waals surface area contributed by atoms with Crippen molar-refractivity contribution in [1.82, 2.24) is 5.32 Å². The van der Waals surface area contributed by atoms with Crippen molar-refractivity contribution in [3.63, 3.8) is 0 Å². The van der Waals surface area contributed by atoms with E-state index in [-0.39, 0.29) is 24.3 Å². The van der Waals surface area contributed by atoms with Gasteiger partial charge in [-0.05, 0) is 30.5 Å². The monoisotopic (exact) mass is 288 g/mol. The molecule has 1 aromatic heterocycles.